The first-order valence-corrected chi connectivity index (χ1v) is 7.36. The van der Waals surface area contributed by atoms with Gasteiger partial charge in [0.2, 0.25) is 0 Å². The number of ether oxygens (including phenoxy) is 1. The highest BCUT2D eigenvalue weighted by molar-refractivity contribution is 5.96. The van der Waals surface area contributed by atoms with Gasteiger partial charge in [-0.15, -0.1) is 0 Å². The largest absolute Gasteiger partial charge is 0.467 e. The highest BCUT2D eigenvalue weighted by Crippen LogP contribution is 2.12. The number of aromatic nitrogens is 1. The van der Waals surface area contributed by atoms with E-state index in [0.29, 0.717) is 12.0 Å². The SMILES string of the molecule is COC(=O)[C@H](Cc1ccc(C)c(C)c1)NC(=O)c1cccnc1. The molecule has 23 heavy (non-hydrogen) atoms. The lowest BCUT2D eigenvalue weighted by Crippen LogP contribution is -2.43. The molecule has 1 aromatic carbocycles. The quantitative estimate of drug-likeness (QED) is 0.860. The van der Waals surface area contributed by atoms with Crippen molar-refractivity contribution in [2.45, 2.75) is 26.3 Å². The summed E-state index contributed by atoms with van der Waals surface area (Å²) in [5.74, 6) is -0.821. The Labute approximate surface area is 135 Å². The minimum Gasteiger partial charge on any atom is -0.467 e. The van der Waals surface area contributed by atoms with Crippen molar-refractivity contribution in [2.75, 3.05) is 7.11 Å². The summed E-state index contributed by atoms with van der Waals surface area (Å²) in [5.41, 5.74) is 3.70. The molecular formula is C18H20N2O3. The fourth-order valence-corrected chi connectivity index (χ4v) is 2.24. The van der Waals surface area contributed by atoms with Crippen LogP contribution in [0.2, 0.25) is 0 Å². The van der Waals surface area contributed by atoms with E-state index in [1.54, 1.807) is 18.3 Å². The number of hydrogen-bond donors (Lipinski definition) is 1. The van der Waals surface area contributed by atoms with E-state index in [-0.39, 0.29) is 5.91 Å². The summed E-state index contributed by atoms with van der Waals surface area (Å²) in [7, 11) is 1.31. The number of nitrogens with zero attached hydrogens (tertiary/aromatic N) is 1. The molecule has 5 nitrogen and oxygen atoms in total. The van der Waals surface area contributed by atoms with Crippen molar-refractivity contribution < 1.29 is 14.3 Å². The second-order valence-electron chi connectivity index (χ2n) is 5.41. The van der Waals surface area contributed by atoms with E-state index in [1.165, 1.54) is 18.9 Å². The molecule has 2 aromatic rings. The predicted molar refractivity (Wildman–Crippen MR) is 87.1 cm³/mol. The van der Waals surface area contributed by atoms with Gasteiger partial charge in [-0.1, -0.05) is 18.2 Å². The fraction of sp³-hybridized carbons (Fsp3) is 0.278. The van der Waals surface area contributed by atoms with E-state index < -0.39 is 12.0 Å². The predicted octanol–water partition coefficient (Wildman–Crippen LogP) is 2.21. The van der Waals surface area contributed by atoms with Gasteiger partial charge in [0.25, 0.3) is 5.91 Å². The molecule has 120 valence electrons. The smallest absolute Gasteiger partial charge is 0.328 e. The summed E-state index contributed by atoms with van der Waals surface area (Å²) < 4.78 is 4.81. The molecule has 1 atom stereocenters. The summed E-state index contributed by atoms with van der Waals surface area (Å²) in [6, 6.07) is 8.55. The molecule has 0 fully saturated rings. The van der Waals surface area contributed by atoms with Gasteiger partial charge < -0.3 is 10.1 Å². The molecule has 5 heteroatoms. The van der Waals surface area contributed by atoms with Crippen LogP contribution in [0, 0.1) is 13.8 Å². The van der Waals surface area contributed by atoms with E-state index in [2.05, 4.69) is 10.3 Å². The van der Waals surface area contributed by atoms with Crippen molar-refractivity contribution in [1.82, 2.24) is 10.3 Å². The molecule has 1 amide bonds. The monoisotopic (exact) mass is 312 g/mol. The maximum atomic E-state index is 12.2. The van der Waals surface area contributed by atoms with Gasteiger partial charge in [-0.3, -0.25) is 9.78 Å². The summed E-state index contributed by atoms with van der Waals surface area (Å²) >= 11 is 0. The number of carbonyl (C=O) groups is 2. The number of carbonyl (C=O) groups excluding carboxylic acids is 2. The van der Waals surface area contributed by atoms with Gasteiger partial charge in [-0.05, 0) is 42.7 Å². The molecule has 2 rings (SSSR count). The molecule has 0 saturated carbocycles. The lowest BCUT2D eigenvalue weighted by Gasteiger charge is -2.17. The van der Waals surface area contributed by atoms with E-state index in [9.17, 15) is 9.59 Å². The Morgan fingerprint density at radius 3 is 2.61 bits per heavy atom. The first kappa shape index (κ1) is 16.7. The maximum Gasteiger partial charge on any atom is 0.328 e. The molecule has 0 aliphatic rings. The number of benzene rings is 1. The molecule has 0 saturated heterocycles. The minimum absolute atomic E-state index is 0.350. The number of nitrogens with one attached hydrogen (secondary N) is 1. The van der Waals surface area contributed by atoms with Gasteiger partial charge in [0.1, 0.15) is 6.04 Å². The lowest BCUT2D eigenvalue weighted by molar-refractivity contribution is -0.142. The number of pyridine rings is 1. The third kappa shape index (κ3) is 4.39. The molecule has 1 heterocycles. The van der Waals surface area contributed by atoms with Gasteiger partial charge in [0, 0.05) is 18.8 Å². The number of rotatable bonds is 5. The summed E-state index contributed by atoms with van der Waals surface area (Å²) in [5, 5.41) is 2.71. The summed E-state index contributed by atoms with van der Waals surface area (Å²) in [6.45, 7) is 4.04. The highest BCUT2D eigenvalue weighted by atomic mass is 16.5. The van der Waals surface area contributed by atoms with Crippen LogP contribution in [-0.2, 0) is 16.0 Å². The average Bonchev–Trinajstić information content (AvgIpc) is 2.57. The highest BCUT2D eigenvalue weighted by Gasteiger charge is 2.22. The second-order valence-corrected chi connectivity index (χ2v) is 5.41. The Bertz CT molecular complexity index is 699. The first-order chi connectivity index (χ1) is 11.0. The molecular weight excluding hydrogens is 292 g/mol. The van der Waals surface area contributed by atoms with Crippen molar-refractivity contribution in [2.24, 2.45) is 0 Å². The van der Waals surface area contributed by atoms with Crippen LogP contribution < -0.4 is 5.32 Å². The minimum atomic E-state index is -0.741. The van der Waals surface area contributed by atoms with Gasteiger partial charge in [0.05, 0.1) is 12.7 Å². The van der Waals surface area contributed by atoms with Gasteiger partial charge in [-0.25, -0.2) is 4.79 Å². The van der Waals surface area contributed by atoms with E-state index in [1.807, 2.05) is 32.0 Å². The topological polar surface area (TPSA) is 68.3 Å². The molecule has 1 aromatic heterocycles. The van der Waals surface area contributed by atoms with Gasteiger partial charge in [0.15, 0.2) is 0 Å². The fourth-order valence-electron chi connectivity index (χ4n) is 2.24. The Morgan fingerprint density at radius 2 is 2.00 bits per heavy atom. The molecule has 0 spiro atoms. The van der Waals surface area contributed by atoms with Crippen molar-refractivity contribution >= 4 is 11.9 Å². The van der Waals surface area contributed by atoms with Crippen LogP contribution in [-0.4, -0.2) is 30.0 Å². The van der Waals surface area contributed by atoms with E-state index in [0.717, 1.165) is 11.1 Å². The van der Waals surface area contributed by atoms with Gasteiger partial charge >= 0.3 is 5.97 Å². The van der Waals surface area contributed by atoms with Gasteiger partial charge in [-0.2, -0.15) is 0 Å². The number of amides is 1. The third-order valence-electron chi connectivity index (χ3n) is 3.73. The molecule has 0 unspecified atom stereocenters. The maximum absolute atomic E-state index is 12.2. The summed E-state index contributed by atoms with van der Waals surface area (Å²) in [4.78, 5) is 28.1. The van der Waals surface area contributed by atoms with Crippen LogP contribution in [0.15, 0.2) is 42.7 Å². The third-order valence-corrected chi connectivity index (χ3v) is 3.73. The molecule has 1 N–H and O–H groups in total. The number of esters is 1. The van der Waals surface area contributed by atoms with Crippen molar-refractivity contribution in [3.63, 3.8) is 0 Å². The second kappa shape index (κ2) is 7.54. The van der Waals surface area contributed by atoms with Crippen molar-refractivity contribution in [3.8, 4) is 0 Å². The molecule has 0 aliphatic heterocycles. The number of methoxy groups -OCH3 is 1. The Kier molecular flexibility index (Phi) is 5.46. The van der Waals surface area contributed by atoms with E-state index >= 15 is 0 Å². The number of aryl methyl sites for hydroxylation is 2. The van der Waals surface area contributed by atoms with Crippen LogP contribution in [0.25, 0.3) is 0 Å². The molecule has 0 aliphatic carbocycles. The van der Waals surface area contributed by atoms with Crippen LogP contribution in [0.4, 0.5) is 0 Å². The Morgan fingerprint density at radius 1 is 1.22 bits per heavy atom. The van der Waals surface area contributed by atoms with Crippen LogP contribution in [0.3, 0.4) is 0 Å². The van der Waals surface area contributed by atoms with Crippen LogP contribution in [0.5, 0.6) is 0 Å². The zero-order valence-corrected chi connectivity index (χ0v) is 13.5. The average molecular weight is 312 g/mol. The number of hydrogen-bond acceptors (Lipinski definition) is 4. The Hall–Kier alpha value is -2.69. The zero-order valence-electron chi connectivity index (χ0n) is 13.5. The van der Waals surface area contributed by atoms with E-state index in [4.69, 9.17) is 4.74 Å². The van der Waals surface area contributed by atoms with Crippen molar-refractivity contribution in [1.29, 1.82) is 0 Å². The Balaban J connectivity index is 2.15. The van der Waals surface area contributed by atoms with Crippen molar-refractivity contribution in [3.05, 3.63) is 65.0 Å². The standard InChI is InChI=1S/C18H20N2O3/c1-12-6-7-14(9-13(12)2)10-16(18(22)23-3)20-17(21)15-5-4-8-19-11-15/h4-9,11,16H,10H2,1-3H3,(H,20,21)/t16-/m0/s1. The first-order valence-electron chi connectivity index (χ1n) is 7.36. The van der Waals surface area contributed by atoms with Crippen LogP contribution >= 0.6 is 0 Å². The lowest BCUT2D eigenvalue weighted by atomic mass is 10.0. The molecule has 0 bridgehead atoms. The van der Waals surface area contributed by atoms with Crippen LogP contribution in [0.1, 0.15) is 27.0 Å². The summed E-state index contributed by atoms with van der Waals surface area (Å²) in [6.07, 6.45) is 3.42. The zero-order chi connectivity index (χ0) is 16.8. The normalized spacial score (nSPS) is 11.6. The molecule has 0 radical (unpaired) electrons.